The van der Waals surface area contributed by atoms with Gasteiger partial charge in [-0.15, -0.1) is 0 Å². The lowest BCUT2D eigenvalue weighted by Gasteiger charge is -2.32. The van der Waals surface area contributed by atoms with E-state index in [1.165, 1.54) is 29.2 Å². The normalized spacial score (nSPS) is 12.2. The summed E-state index contributed by atoms with van der Waals surface area (Å²) in [7, 11) is -4.24. The molecule has 0 bridgehead atoms. The lowest BCUT2D eigenvalue weighted by molar-refractivity contribution is -0.139. The Kier molecular flexibility index (Phi) is 10.6. The van der Waals surface area contributed by atoms with Crippen molar-refractivity contribution in [2.75, 3.05) is 17.4 Å². The number of sulfonamides is 1. The van der Waals surface area contributed by atoms with Crippen molar-refractivity contribution in [1.29, 1.82) is 0 Å². The van der Waals surface area contributed by atoms with Crippen LogP contribution >= 0.6 is 23.2 Å². The lowest BCUT2D eigenvalue weighted by atomic mass is 10.1. The van der Waals surface area contributed by atoms with Crippen LogP contribution in [0.4, 0.5) is 10.1 Å². The summed E-state index contributed by atoms with van der Waals surface area (Å²) in [4.78, 5) is 28.2. The molecule has 0 radical (unpaired) electrons. The van der Waals surface area contributed by atoms with E-state index in [2.05, 4.69) is 5.32 Å². The molecule has 3 aromatic rings. The predicted octanol–water partition coefficient (Wildman–Crippen LogP) is 5.83. The van der Waals surface area contributed by atoms with E-state index >= 15 is 0 Å². The van der Waals surface area contributed by atoms with Crippen molar-refractivity contribution in [2.45, 2.75) is 45.2 Å². The minimum atomic E-state index is -4.24. The summed E-state index contributed by atoms with van der Waals surface area (Å²) in [6, 6.07) is 14.9. The fraction of sp³-hybridized carbons (Fsp3) is 0.310. The van der Waals surface area contributed by atoms with Crippen LogP contribution in [0.3, 0.4) is 0 Å². The number of anilines is 1. The largest absolute Gasteiger partial charge is 0.354 e. The molecular weight excluding hydrogens is 576 g/mol. The fourth-order valence-electron chi connectivity index (χ4n) is 3.84. The molecule has 3 aromatic carbocycles. The first kappa shape index (κ1) is 31.4. The van der Waals surface area contributed by atoms with Gasteiger partial charge in [-0.3, -0.25) is 13.9 Å². The Labute approximate surface area is 244 Å². The third kappa shape index (κ3) is 7.96. The summed E-state index contributed by atoms with van der Waals surface area (Å²) >= 11 is 12.2. The van der Waals surface area contributed by atoms with Gasteiger partial charge in [-0.25, -0.2) is 12.8 Å². The van der Waals surface area contributed by atoms with E-state index in [4.69, 9.17) is 23.2 Å². The third-order valence-corrected chi connectivity index (χ3v) is 8.72. The number of rotatable bonds is 11. The molecule has 3 rings (SSSR count). The number of aryl methyl sites for hydroxylation is 1. The van der Waals surface area contributed by atoms with Crippen LogP contribution in [0.5, 0.6) is 0 Å². The molecule has 0 aliphatic rings. The van der Waals surface area contributed by atoms with Crippen LogP contribution in [0.25, 0.3) is 0 Å². The first-order chi connectivity index (χ1) is 18.8. The van der Waals surface area contributed by atoms with Gasteiger partial charge in [0.05, 0.1) is 20.6 Å². The summed E-state index contributed by atoms with van der Waals surface area (Å²) < 4.78 is 42.2. The molecule has 0 fully saturated rings. The standard InChI is InChI=1S/C29H32Cl2FN3O4S/c1-19(2)16-33-29(37)21(4)34(17-22-7-14-26(30)27(31)15-22)28(36)18-35(24-10-8-23(32)9-11-24)40(38,39)25-12-5-20(3)6-13-25/h5-15,19,21H,16-18H2,1-4H3,(H,33,37)/t21-/m1/s1. The Morgan fingerprint density at radius 1 is 0.925 bits per heavy atom. The molecule has 0 spiro atoms. The topological polar surface area (TPSA) is 86.8 Å². The van der Waals surface area contributed by atoms with Crippen LogP contribution in [0.15, 0.2) is 71.6 Å². The molecule has 40 heavy (non-hydrogen) atoms. The maximum absolute atomic E-state index is 13.9. The summed E-state index contributed by atoms with van der Waals surface area (Å²) in [6.07, 6.45) is 0. The van der Waals surface area contributed by atoms with Crippen molar-refractivity contribution in [1.82, 2.24) is 10.2 Å². The Balaban J connectivity index is 2.02. The van der Waals surface area contributed by atoms with E-state index in [-0.39, 0.29) is 28.1 Å². The van der Waals surface area contributed by atoms with Gasteiger partial charge in [0.25, 0.3) is 10.0 Å². The van der Waals surface area contributed by atoms with Crippen LogP contribution in [-0.4, -0.2) is 44.3 Å². The number of carbonyl (C=O) groups excluding carboxylic acids is 2. The minimum absolute atomic E-state index is 0.0333. The van der Waals surface area contributed by atoms with Gasteiger partial charge in [0.1, 0.15) is 18.4 Å². The third-order valence-electron chi connectivity index (χ3n) is 6.19. The molecule has 0 saturated carbocycles. The van der Waals surface area contributed by atoms with E-state index in [1.807, 2.05) is 20.8 Å². The number of amides is 2. The molecule has 0 aromatic heterocycles. The van der Waals surface area contributed by atoms with E-state index in [0.717, 1.165) is 22.0 Å². The number of carbonyl (C=O) groups is 2. The van der Waals surface area contributed by atoms with Gasteiger partial charge in [0.2, 0.25) is 11.8 Å². The molecule has 1 N–H and O–H groups in total. The van der Waals surface area contributed by atoms with Crippen molar-refractivity contribution in [2.24, 2.45) is 5.92 Å². The molecule has 0 aliphatic heterocycles. The molecule has 1 atom stereocenters. The van der Waals surface area contributed by atoms with E-state index in [9.17, 15) is 22.4 Å². The van der Waals surface area contributed by atoms with Crippen molar-refractivity contribution in [3.8, 4) is 0 Å². The predicted molar refractivity (Wildman–Crippen MR) is 156 cm³/mol. The molecule has 214 valence electrons. The number of hydrogen-bond donors (Lipinski definition) is 1. The van der Waals surface area contributed by atoms with E-state index in [1.54, 1.807) is 37.3 Å². The zero-order valence-electron chi connectivity index (χ0n) is 22.7. The second-order valence-electron chi connectivity index (χ2n) is 9.89. The Morgan fingerprint density at radius 2 is 1.55 bits per heavy atom. The SMILES string of the molecule is Cc1ccc(S(=O)(=O)N(CC(=O)N(Cc2ccc(Cl)c(Cl)c2)[C@H](C)C(=O)NCC(C)C)c2ccc(F)cc2)cc1. The average Bonchev–Trinajstić information content (AvgIpc) is 2.91. The van der Waals surface area contributed by atoms with Crippen LogP contribution in [-0.2, 0) is 26.2 Å². The lowest BCUT2D eigenvalue weighted by Crippen LogP contribution is -2.51. The monoisotopic (exact) mass is 607 g/mol. The fourth-order valence-corrected chi connectivity index (χ4v) is 5.58. The van der Waals surface area contributed by atoms with Crippen molar-refractivity contribution in [3.63, 3.8) is 0 Å². The maximum Gasteiger partial charge on any atom is 0.264 e. The van der Waals surface area contributed by atoms with Gasteiger partial charge in [0.15, 0.2) is 0 Å². The molecule has 0 unspecified atom stereocenters. The highest BCUT2D eigenvalue weighted by Crippen LogP contribution is 2.26. The first-order valence-corrected chi connectivity index (χ1v) is 14.8. The molecule has 0 aliphatic carbocycles. The van der Waals surface area contributed by atoms with Crippen molar-refractivity contribution < 1.29 is 22.4 Å². The molecule has 2 amide bonds. The quantitative estimate of drug-likeness (QED) is 0.297. The number of benzene rings is 3. The molecular formula is C29H32Cl2FN3O4S. The molecule has 0 saturated heterocycles. The highest BCUT2D eigenvalue weighted by atomic mass is 35.5. The Morgan fingerprint density at radius 3 is 2.12 bits per heavy atom. The summed E-state index contributed by atoms with van der Waals surface area (Å²) in [6.45, 7) is 7.02. The smallest absolute Gasteiger partial charge is 0.264 e. The highest BCUT2D eigenvalue weighted by molar-refractivity contribution is 7.92. The van der Waals surface area contributed by atoms with Gasteiger partial charge >= 0.3 is 0 Å². The Hall–Kier alpha value is -3.14. The Bertz CT molecular complexity index is 1450. The molecule has 11 heteroatoms. The highest BCUT2D eigenvalue weighted by Gasteiger charge is 2.32. The van der Waals surface area contributed by atoms with Gasteiger partial charge < -0.3 is 10.2 Å². The van der Waals surface area contributed by atoms with Crippen LogP contribution in [0.2, 0.25) is 10.0 Å². The van der Waals surface area contributed by atoms with Gasteiger partial charge in [-0.05, 0) is 73.9 Å². The summed E-state index contributed by atoms with van der Waals surface area (Å²) in [5.74, 6) is -1.40. The number of hydrogen-bond acceptors (Lipinski definition) is 4. The zero-order chi connectivity index (χ0) is 29.6. The second-order valence-corrected chi connectivity index (χ2v) is 12.6. The van der Waals surface area contributed by atoms with Gasteiger partial charge in [-0.2, -0.15) is 0 Å². The van der Waals surface area contributed by atoms with E-state index in [0.29, 0.717) is 17.1 Å². The van der Waals surface area contributed by atoms with Crippen LogP contribution in [0, 0.1) is 18.7 Å². The minimum Gasteiger partial charge on any atom is -0.354 e. The van der Waals surface area contributed by atoms with Crippen LogP contribution in [0.1, 0.15) is 31.9 Å². The molecule has 0 heterocycles. The van der Waals surface area contributed by atoms with E-state index < -0.39 is 40.2 Å². The second kappa shape index (κ2) is 13.5. The first-order valence-electron chi connectivity index (χ1n) is 12.7. The summed E-state index contributed by atoms with van der Waals surface area (Å²) in [5, 5.41) is 3.43. The van der Waals surface area contributed by atoms with Crippen molar-refractivity contribution >= 4 is 50.7 Å². The zero-order valence-corrected chi connectivity index (χ0v) is 25.0. The van der Waals surface area contributed by atoms with Gasteiger partial charge in [-0.1, -0.05) is 60.8 Å². The number of nitrogens with zero attached hydrogens (tertiary/aromatic N) is 2. The number of nitrogens with one attached hydrogen (secondary N) is 1. The maximum atomic E-state index is 13.9. The van der Waals surface area contributed by atoms with Gasteiger partial charge in [0, 0.05) is 13.1 Å². The average molecular weight is 609 g/mol. The number of halogens is 3. The molecule has 7 nitrogen and oxygen atoms in total. The summed E-state index contributed by atoms with van der Waals surface area (Å²) in [5.41, 5.74) is 1.56. The van der Waals surface area contributed by atoms with Crippen LogP contribution < -0.4 is 9.62 Å². The van der Waals surface area contributed by atoms with Crippen molar-refractivity contribution in [3.05, 3.63) is 93.7 Å².